The molecule has 0 unspecified atom stereocenters. The summed E-state index contributed by atoms with van der Waals surface area (Å²) in [6.07, 6.45) is 24.2. The van der Waals surface area contributed by atoms with Crippen LogP contribution in [0.15, 0.2) is 183 Å². The van der Waals surface area contributed by atoms with E-state index in [0.717, 1.165) is 66.8 Å². The van der Waals surface area contributed by atoms with Crippen LogP contribution in [-0.4, -0.2) is 81.0 Å². The van der Waals surface area contributed by atoms with Gasteiger partial charge in [-0.2, -0.15) is 20.4 Å². The number of nitrogens with two attached hydrogens (primary N) is 1. The number of methoxy groups -OCH3 is 2. The minimum atomic E-state index is 0.386. The molecule has 12 rings (SSSR count). The Hall–Kier alpha value is -8.98. The van der Waals surface area contributed by atoms with Gasteiger partial charge in [0.15, 0.2) is 0 Å². The van der Waals surface area contributed by atoms with E-state index in [1.165, 1.54) is 42.7 Å². The zero-order valence-corrected chi connectivity index (χ0v) is 49.8. The van der Waals surface area contributed by atoms with E-state index in [0.29, 0.717) is 35.9 Å². The Bertz CT molecular complexity index is 3720. The van der Waals surface area contributed by atoms with Gasteiger partial charge in [0.2, 0.25) is 0 Å². The van der Waals surface area contributed by atoms with Crippen molar-refractivity contribution in [1.29, 1.82) is 0 Å². The van der Waals surface area contributed by atoms with Crippen LogP contribution >= 0.6 is 0 Å². The second-order valence-corrected chi connectivity index (χ2v) is 21.8. The third-order valence-corrected chi connectivity index (χ3v) is 14.1. The first-order chi connectivity index (χ1) is 39.6. The van der Waals surface area contributed by atoms with Gasteiger partial charge in [0.05, 0.1) is 56.4 Å². The summed E-state index contributed by atoms with van der Waals surface area (Å²) < 4.78 is 20.4. The molecule has 0 radical (unpaired) electrons. The van der Waals surface area contributed by atoms with Gasteiger partial charge >= 0.3 is 0 Å². The molecule has 15 heteroatoms. The Kier molecular flexibility index (Phi) is 20.2. The van der Waals surface area contributed by atoms with E-state index in [1.807, 2.05) is 117 Å². The number of nitrogen functional groups attached to an aromatic ring is 1. The minimum Gasteiger partial charge on any atom is -0.497 e. The minimum absolute atomic E-state index is 0.386. The molecule has 426 valence electrons. The maximum atomic E-state index is 5.64. The molecule has 15 nitrogen and oxygen atoms in total. The standard InChI is InChI=1S/C16H21N3.C15H15N3.2C13H16N2O.C10H13N3/c1-13(2)19-12-15(11-17-19)14-6-5-7-16(10-14)18-8-3-4-9-18;1-11(2)18-10-14(9-17-18)13-6-5-12-4-3-7-16-15(12)8-13;1-10(2)15-9-12(8-14-15)11-4-6-13(16-3)7-5-11;1-10(2)15-9-12(8-14-15)11-5-4-6-13(7-11)16-3;1-7(2)13-4-3-8-5-9(11)6-12-10(8)13/h5-7,10-13H,3-4,8-9H2,1-2H3;3-11H,1-2H3;2*4-10H,1-3H3;3-7H,11H2,1-2H3. The molecule has 11 aromatic rings. The molecule has 2 N–H and O–H groups in total. The smallest absolute Gasteiger partial charge is 0.140 e. The summed E-state index contributed by atoms with van der Waals surface area (Å²) in [5.41, 5.74) is 19.0. The van der Waals surface area contributed by atoms with Crippen molar-refractivity contribution < 1.29 is 9.47 Å². The van der Waals surface area contributed by atoms with Crippen molar-refractivity contribution in [3.63, 3.8) is 0 Å². The van der Waals surface area contributed by atoms with E-state index in [1.54, 1.807) is 20.4 Å². The van der Waals surface area contributed by atoms with E-state index in [4.69, 9.17) is 15.2 Å². The topological polar surface area (TPSA) is 150 Å². The van der Waals surface area contributed by atoms with Crippen LogP contribution in [0.1, 0.15) is 112 Å². The number of anilines is 2. The number of aromatic nitrogens is 11. The fraction of sp³-hybridized carbons (Fsp3) is 0.313. The van der Waals surface area contributed by atoms with Crippen LogP contribution in [0.5, 0.6) is 11.5 Å². The van der Waals surface area contributed by atoms with Crippen molar-refractivity contribution in [3.05, 3.63) is 183 Å². The van der Waals surface area contributed by atoms with Gasteiger partial charge in [-0.1, -0.05) is 54.6 Å². The van der Waals surface area contributed by atoms with E-state index in [9.17, 15) is 0 Å². The monoisotopic (exact) mass is 1100 g/mol. The van der Waals surface area contributed by atoms with Crippen molar-refractivity contribution in [2.75, 3.05) is 37.9 Å². The molecular formula is C67H81N13O2. The van der Waals surface area contributed by atoms with Crippen LogP contribution in [0.25, 0.3) is 66.4 Å². The Morgan fingerprint density at radius 1 is 0.427 bits per heavy atom. The van der Waals surface area contributed by atoms with Crippen molar-refractivity contribution in [1.82, 2.24) is 53.7 Å². The molecule has 1 aliphatic heterocycles. The maximum absolute atomic E-state index is 5.64. The van der Waals surface area contributed by atoms with E-state index < -0.39 is 0 Å². The maximum Gasteiger partial charge on any atom is 0.140 e. The molecule has 0 saturated carbocycles. The van der Waals surface area contributed by atoms with Crippen LogP contribution in [0, 0.1) is 0 Å². The van der Waals surface area contributed by atoms with Gasteiger partial charge in [0, 0.05) is 119 Å². The number of ether oxygens (including phenoxy) is 2. The third-order valence-electron chi connectivity index (χ3n) is 14.1. The number of nitrogens with zero attached hydrogens (tertiary/aromatic N) is 12. The van der Waals surface area contributed by atoms with Gasteiger partial charge in [-0.25, -0.2) is 4.98 Å². The summed E-state index contributed by atoms with van der Waals surface area (Å²) in [6, 6.07) is 41.2. The summed E-state index contributed by atoms with van der Waals surface area (Å²) in [5, 5.41) is 19.7. The van der Waals surface area contributed by atoms with Gasteiger partial charge in [-0.15, -0.1) is 0 Å². The van der Waals surface area contributed by atoms with Crippen molar-refractivity contribution >= 4 is 33.3 Å². The second-order valence-electron chi connectivity index (χ2n) is 21.8. The summed E-state index contributed by atoms with van der Waals surface area (Å²) in [6.45, 7) is 23.7. The second kappa shape index (κ2) is 27.9. The zero-order valence-electron chi connectivity index (χ0n) is 49.8. The SMILES string of the molecule is CC(C)n1cc(-c2ccc3cccnc3c2)cn1.CC(C)n1cc(-c2cccc(N3CCCC3)c2)cn1.CC(C)n1ccc2cc(N)cnc21.COc1ccc(-c2cnn(C(C)C)c2)cc1.COc1cccc(-c2cnn(C(C)C)c2)c1. The highest BCUT2D eigenvalue weighted by Crippen LogP contribution is 2.29. The molecule has 0 aliphatic carbocycles. The predicted octanol–water partition coefficient (Wildman–Crippen LogP) is 15.9. The summed E-state index contributed by atoms with van der Waals surface area (Å²) in [5.74, 6) is 1.75. The molecule has 7 aromatic heterocycles. The van der Waals surface area contributed by atoms with Crippen molar-refractivity contribution in [2.24, 2.45) is 0 Å². The molecular weight excluding hydrogens is 1020 g/mol. The number of fused-ring (bicyclic) bond motifs is 2. The van der Waals surface area contributed by atoms with Gasteiger partial charge in [-0.3, -0.25) is 23.7 Å². The van der Waals surface area contributed by atoms with Gasteiger partial charge in [-0.05, 0) is 165 Å². The Balaban J connectivity index is 0.000000135. The Labute approximate surface area is 484 Å². The van der Waals surface area contributed by atoms with Crippen LogP contribution in [0.3, 0.4) is 0 Å². The van der Waals surface area contributed by atoms with Gasteiger partial charge < -0.3 is 24.7 Å². The fourth-order valence-electron chi connectivity index (χ4n) is 9.25. The molecule has 0 bridgehead atoms. The number of benzene rings is 4. The molecule has 0 spiro atoms. The summed E-state index contributed by atoms with van der Waals surface area (Å²) in [7, 11) is 3.35. The summed E-state index contributed by atoms with van der Waals surface area (Å²) in [4.78, 5) is 11.2. The largest absolute Gasteiger partial charge is 0.497 e. The Morgan fingerprint density at radius 2 is 0.927 bits per heavy atom. The normalized spacial score (nSPS) is 12.0. The van der Waals surface area contributed by atoms with Crippen molar-refractivity contribution in [2.45, 2.75) is 112 Å². The number of rotatable bonds is 12. The van der Waals surface area contributed by atoms with E-state index >= 15 is 0 Å². The lowest BCUT2D eigenvalue weighted by atomic mass is 10.1. The molecule has 0 atom stereocenters. The first-order valence-electron chi connectivity index (χ1n) is 28.4. The molecule has 4 aromatic carbocycles. The lowest BCUT2D eigenvalue weighted by molar-refractivity contribution is 0.415. The molecule has 8 heterocycles. The number of hydrogen-bond donors (Lipinski definition) is 1. The highest BCUT2D eigenvalue weighted by Gasteiger charge is 2.14. The number of hydrogen-bond acceptors (Lipinski definition) is 10. The van der Waals surface area contributed by atoms with E-state index in [-0.39, 0.29) is 0 Å². The van der Waals surface area contributed by atoms with Crippen LogP contribution < -0.4 is 20.1 Å². The van der Waals surface area contributed by atoms with E-state index in [2.05, 4.69) is 188 Å². The predicted molar refractivity (Wildman–Crippen MR) is 337 cm³/mol. The number of pyridine rings is 2. The van der Waals surface area contributed by atoms with Gasteiger partial charge in [0.25, 0.3) is 0 Å². The molecule has 1 aliphatic rings. The molecule has 82 heavy (non-hydrogen) atoms. The van der Waals surface area contributed by atoms with Crippen LogP contribution in [0.4, 0.5) is 11.4 Å². The average Bonchev–Trinajstić information content (AvgIpc) is 4.38. The average molecular weight is 1100 g/mol. The van der Waals surface area contributed by atoms with Crippen LogP contribution in [-0.2, 0) is 0 Å². The third kappa shape index (κ3) is 15.5. The first-order valence-corrected chi connectivity index (χ1v) is 28.4. The molecule has 1 saturated heterocycles. The van der Waals surface area contributed by atoms with Gasteiger partial charge in [0.1, 0.15) is 17.1 Å². The molecule has 0 amide bonds. The quantitative estimate of drug-likeness (QED) is 0.125. The van der Waals surface area contributed by atoms with Crippen LogP contribution in [0.2, 0.25) is 0 Å². The fourth-order valence-corrected chi connectivity index (χ4v) is 9.25. The zero-order chi connectivity index (χ0) is 58.3. The van der Waals surface area contributed by atoms with Crippen molar-refractivity contribution in [3.8, 4) is 56.0 Å². The first kappa shape index (κ1) is 59.1. The highest BCUT2D eigenvalue weighted by molar-refractivity contribution is 5.84. The Morgan fingerprint density at radius 3 is 1.44 bits per heavy atom. The summed E-state index contributed by atoms with van der Waals surface area (Å²) >= 11 is 0. The lowest BCUT2D eigenvalue weighted by Crippen LogP contribution is -2.17. The molecule has 1 fully saturated rings. The lowest BCUT2D eigenvalue weighted by Gasteiger charge is -2.18. The highest BCUT2D eigenvalue weighted by atomic mass is 16.5.